The maximum atomic E-state index is 12.3. The van der Waals surface area contributed by atoms with Crippen LogP contribution in [0.25, 0.3) is 0 Å². The molecule has 21 heavy (non-hydrogen) atoms. The van der Waals surface area contributed by atoms with Gasteiger partial charge in [0.2, 0.25) is 0 Å². The Morgan fingerprint density at radius 2 is 1.71 bits per heavy atom. The summed E-state index contributed by atoms with van der Waals surface area (Å²) < 4.78 is 5.40. The molecule has 1 amide bonds. The Kier molecular flexibility index (Phi) is 3.56. The fourth-order valence-electron chi connectivity index (χ4n) is 2.56. The van der Waals surface area contributed by atoms with Gasteiger partial charge in [-0.2, -0.15) is 0 Å². The van der Waals surface area contributed by atoms with Gasteiger partial charge in [-0.05, 0) is 43.3 Å². The van der Waals surface area contributed by atoms with E-state index in [0.29, 0.717) is 18.8 Å². The van der Waals surface area contributed by atoms with Crippen molar-refractivity contribution in [3.8, 4) is 0 Å². The molecule has 2 aromatic rings. The Morgan fingerprint density at radius 1 is 1.05 bits per heavy atom. The molecule has 0 atom stereocenters. The number of hydrogen-bond donors (Lipinski definition) is 1. The van der Waals surface area contributed by atoms with Crippen LogP contribution in [-0.4, -0.2) is 37.0 Å². The SMILES string of the molecule is Cc1ccc(C(=O)N2CCN(c3ccc(N)cc3)CC2)o1. The molecule has 110 valence electrons. The van der Waals surface area contributed by atoms with Crippen molar-refractivity contribution in [3.63, 3.8) is 0 Å². The van der Waals surface area contributed by atoms with Gasteiger partial charge in [-0.15, -0.1) is 0 Å². The summed E-state index contributed by atoms with van der Waals surface area (Å²) in [5, 5.41) is 0. The molecule has 1 aromatic carbocycles. The van der Waals surface area contributed by atoms with Gasteiger partial charge in [0, 0.05) is 37.6 Å². The van der Waals surface area contributed by atoms with Crippen LogP contribution in [0.4, 0.5) is 11.4 Å². The highest BCUT2D eigenvalue weighted by molar-refractivity contribution is 5.91. The van der Waals surface area contributed by atoms with Crippen molar-refractivity contribution < 1.29 is 9.21 Å². The summed E-state index contributed by atoms with van der Waals surface area (Å²) in [4.78, 5) is 16.4. The molecule has 0 bridgehead atoms. The second-order valence-electron chi connectivity index (χ2n) is 5.28. The van der Waals surface area contributed by atoms with Gasteiger partial charge in [-0.25, -0.2) is 0 Å². The highest BCUT2D eigenvalue weighted by Gasteiger charge is 2.24. The number of nitrogen functional groups attached to an aromatic ring is 1. The highest BCUT2D eigenvalue weighted by atomic mass is 16.3. The molecule has 1 aliphatic heterocycles. The Morgan fingerprint density at radius 3 is 2.29 bits per heavy atom. The van der Waals surface area contributed by atoms with Crippen molar-refractivity contribution >= 4 is 17.3 Å². The third-order valence-corrected chi connectivity index (χ3v) is 3.78. The third-order valence-electron chi connectivity index (χ3n) is 3.78. The average molecular weight is 285 g/mol. The lowest BCUT2D eigenvalue weighted by Gasteiger charge is -2.35. The van der Waals surface area contributed by atoms with E-state index in [1.54, 1.807) is 6.07 Å². The number of carbonyl (C=O) groups is 1. The van der Waals surface area contributed by atoms with E-state index < -0.39 is 0 Å². The molecule has 2 N–H and O–H groups in total. The smallest absolute Gasteiger partial charge is 0.289 e. The fourth-order valence-corrected chi connectivity index (χ4v) is 2.56. The Labute approximate surface area is 123 Å². The first kappa shape index (κ1) is 13.5. The number of aryl methyl sites for hydroxylation is 1. The highest BCUT2D eigenvalue weighted by Crippen LogP contribution is 2.19. The van der Waals surface area contributed by atoms with E-state index in [1.165, 1.54) is 0 Å². The van der Waals surface area contributed by atoms with Crippen molar-refractivity contribution in [2.45, 2.75) is 6.92 Å². The van der Waals surface area contributed by atoms with Crippen LogP contribution < -0.4 is 10.6 Å². The maximum absolute atomic E-state index is 12.3. The van der Waals surface area contributed by atoms with Gasteiger partial charge in [0.1, 0.15) is 5.76 Å². The quantitative estimate of drug-likeness (QED) is 0.859. The minimum Gasteiger partial charge on any atom is -0.456 e. The van der Waals surface area contributed by atoms with Gasteiger partial charge in [0.05, 0.1) is 0 Å². The van der Waals surface area contributed by atoms with Crippen LogP contribution in [0.5, 0.6) is 0 Å². The minimum absolute atomic E-state index is 0.0277. The van der Waals surface area contributed by atoms with Gasteiger partial charge in [0.15, 0.2) is 5.76 Å². The summed E-state index contributed by atoms with van der Waals surface area (Å²) in [7, 11) is 0. The van der Waals surface area contributed by atoms with Gasteiger partial charge >= 0.3 is 0 Å². The lowest BCUT2D eigenvalue weighted by Crippen LogP contribution is -2.48. The van der Waals surface area contributed by atoms with E-state index in [4.69, 9.17) is 10.2 Å². The zero-order valence-corrected chi connectivity index (χ0v) is 12.1. The lowest BCUT2D eigenvalue weighted by molar-refractivity contribution is 0.0713. The Hall–Kier alpha value is -2.43. The first-order valence-corrected chi connectivity index (χ1v) is 7.10. The molecule has 1 saturated heterocycles. The fraction of sp³-hybridized carbons (Fsp3) is 0.312. The molecular formula is C16H19N3O2. The molecule has 1 aliphatic rings. The average Bonchev–Trinajstić information content (AvgIpc) is 2.94. The van der Waals surface area contributed by atoms with Crippen LogP contribution in [-0.2, 0) is 0 Å². The first-order valence-electron chi connectivity index (χ1n) is 7.10. The van der Waals surface area contributed by atoms with Crippen molar-refractivity contribution in [3.05, 3.63) is 47.9 Å². The lowest BCUT2D eigenvalue weighted by atomic mass is 10.2. The number of carbonyl (C=O) groups excluding carboxylic acids is 1. The van der Waals surface area contributed by atoms with Crippen LogP contribution >= 0.6 is 0 Å². The molecule has 0 aliphatic carbocycles. The third kappa shape index (κ3) is 2.86. The normalized spacial score (nSPS) is 15.3. The van der Waals surface area contributed by atoms with E-state index in [2.05, 4.69) is 4.90 Å². The number of anilines is 2. The second-order valence-corrected chi connectivity index (χ2v) is 5.28. The summed E-state index contributed by atoms with van der Waals surface area (Å²) in [6.45, 7) is 4.87. The summed E-state index contributed by atoms with van der Waals surface area (Å²) in [5.74, 6) is 1.16. The number of rotatable bonds is 2. The molecular weight excluding hydrogens is 266 g/mol. The van der Waals surface area contributed by atoms with Crippen LogP contribution in [0.1, 0.15) is 16.3 Å². The van der Waals surface area contributed by atoms with E-state index in [9.17, 15) is 4.79 Å². The number of furan rings is 1. The molecule has 1 fully saturated rings. The van der Waals surface area contributed by atoms with Crippen molar-refractivity contribution in [2.75, 3.05) is 36.8 Å². The second kappa shape index (κ2) is 5.52. The van der Waals surface area contributed by atoms with Crippen LogP contribution in [0.3, 0.4) is 0 Å². The molecule has 3 rings (SSSR count). The predicted molar refractivity (Wildman–Crippen MR) is 82.4 cm³/mol. The number of benzene rings is 1. The van der Waals surface area contributed by atoms with Crippen LogP contribution in [0.15, 0.2) is 40.8 Å². The largest absolute Gasteiger partial charge is 0.456 e. The zero-order chi connectivity index (χ0) is 14.8. The Bertz CT molecular complexity index is 625. The summed E-state index contributed by atoms with van der Waals surface area (Å²) >= 11 is 0. The number of hydrogen-bond acceptors (Lipinski definition) is 4. The van der Waals surface area contributed by atoms with Crippen molar-refractivity contribution in [1.29, 1.82) is 0 Å². The van der Waals surface area contributed by atoms with Crippen molar-refractivity contribution in [1.82, 2.24) is 4.90 Å². The monoisotopic (exact) mass is 285 g/mol. The molecule has 0 spiro atoms. The zero-order valence-electron chi connectivity index (χ0n) is 12.1. The minimum atomic E-state index is -0.0277. The summed E-state index contributed by atoms with van der Waals surface area (Å²) in [6, 6.07) is 11.4. The van der Waals surface area contributed by atoms with E-state index in [-0.39, 0.29) is 5.91 Å². The maximum Gasteiger partial charge on any atom is 0.289 e. The van der Waals surface area contributed by atoms with Crippen molar-refractivity contribution in [2.24, 2.45) is 0 Å². The van der Waals surface area contributed by atoms with Gasteiger partial charge in [0.25, 0.3) is 5.91 Å². The summed E-state index contributed by atoms with van der Waals surface area (Å²) in [6.07, 6.45) is 0. The van der Waals surface area contributed by atoms with E-state index in [0.717, 1.165) is 30.2 Å². The molecule has 0 saturated carbocycles. The molecule has 0 unspecified atom stereocenters. The van der Waals surface area contributed by atoms with E-state index in [1.807, 2.05) is 42.2 Å². The number of piperazine rings is 1. The van der Waals surface area contributed by atoms with Crippen LogP contribution in [0.2, 0.25) is 0 Å². The van der Waals surface area contributed by atoms with Gasteiger partial charge in [-0.3, -0.25) is 4.79 Å². The summed E-state index contributed by atoms with van der Waals surface area (Å²) in [5.41, 5.74) is 7.61. The standard InChI is InChI=1S/C16H19N3O2/c1-12-2-7-15(21-12)16(20)19-10-8-18(9-11-19)14-5-3-13(17)4-6-14/h2-7H,8-11,17H2,1H3. The van der Waals surface area contributed by atoms with Gasteiger partial charge < -0.3 is 20.0 Å². The van der Waals surface area contributed by atoms with Gasteiger partial charge in [-0.1, -0.05) is 0 Å². The van der Waals surface area contributed by atoms with Crippen LogP contribution in [0, 0.1) is 6.92 Å². The number of amides is 1. The molecule has 1 aromatic heterocycles. The molecule has 0 radical (unpaired) electrons. The first-order chi connectivity index (χ1) is 10.1. The number of nitrogens with two attached hydrogens (primary N) is 1. The predicted octanol–water partition coefficient (Wildman–Crippen LogP) is 2.13. The van der Waals surface area contributed by atoms with E-state index >= 15 is 0 Å². The molecule has 2 heterocycles. The Balaban J connectivity index is 1.62. The number of nitrogens with zero attached hydrogens (tertiary/aromatic N) is 2. The topological polar surface area (TPSA) is 62.7 Å². The molecule has 5 heteroatoms. The molecule has 5 nitrogen and oxygen atoms in total.